The van der Waals surface area contributed by atoms with Crippen molar-refractivity contribution in [3.05, 3.63) is 0 Å². The van der Waals surface area contributed by atoms with Crippen LogP contribution in [0.3, 0.4) is 0 Å². The van der Waals surface area contributed by atoms with Gasteiger partial charge in [-0.2, -0.15) is 0 Å². The summed E-state index contributed by atoms with van der Waals surface area (Å²) in [4.78, 5) is 2.66. The van der Waals surface area contributed by atoms with Crippen LogP contribution in [0.4, 0.5) is 0 Å². The highest BCUT2D eigenvalue weighted by molar-refractivity contribution is 5.04. The molecule has 1 aliphatic carbocycles. The number of nitrogens with zero attached hydrogens (tertiary/aromatic N) is 1. The van der Waals surface area contributed by atoms with Crippen LogP contribution in [0.5, 0.6) is 0 Å². The third-order valence-corrected chi connectivity index (χ3v) is 4.92. The Kier molecular flexibility index (Phi) is 4.11. The zero-order chi connectivity index (χ0) is 12.5. The van der Waals surface area contributed by atoms with E-state index in [9.17, 15) is 0 Å². The fourth-order valence-corrected chi connectivity index (χ4v) is 4.13. The first kappa shape index (κ1) is 13.3. The number of ether oxygens (including phenoxy) is 1. The molecule has 1 heterocycles. The first-order chi connectivity index (χ1) is 8.14. The molecule has 4 atom stereocenters. The number of likely N-dealkylation sites (tertiary alicyclic amines) is 1. The summed E-state index contributed by atoms with van der Waals surface area (Å²) in [5, 5.41) is 0. The maximum Gasteiger partial charge on any atom is 0.0767 e. The van der Waals surface area contributed by atoms with Crippen LogP contribution in [0.15, 0.2) is 0 Å². The summed E-state index contributed by atoms with van der Waals surface area (Å²) in [7, 11) is 1.85. The average Bonchev–Trinajstić information content (AvgIpc) is 2.68. The molecule has 0 radical (unpaired) electrons. The minimum Gasteiger partial charge on any atom is -0.379 e. The normalized spacial score (nSPS) is 44.1. The van der Waals surface area contributed by atoms with Crippen LogP contribution in [0.2, 0.25) is 0 Å². The lowest BCUT2D eigenvalue weighted by atomic mass is 9.77. The van der Waals surface area contributed by atoms with E-state index in [-0.39, 0.29) is 5.54 Å². The van der Waals surface area contributed by atoms with Gasteiger partial charge in [-0.25, -0.2) is 0 Å². The molecule has 0 aromatic rings. The maximum atomic E-state index is 6.17. The lowest BCUT2D eigenvalue weighted by molar-refractivity contribution is -0.0792. The Hall–Kier alpha value is -0.120. The monoisotopic (exact) mass is 240 g/mol. The van der Waals surface area contributed by atoms with Crippen molar-refractivity contribution in [2.45, 2.75) is 63.6 Å². The summed E-state index contributed by atoms with van der Waals surface area (Å²) in [6.45, 7) is 6.63. The van der Waals surface area contributed by atoms with Crippen LogP contribution in [0.25, 0.3) is 0 Å². The van der Waals surface area contributed by atoms with Crippen molar-refractivity contribution in [1.82, 2.24) is 4.90 Å². The number of rotatable bonds is 3. The fraction of sp³-hybridized carbons (Fsp3) is 1.00. The second-order valence-corrected chi connectivity index (χ2v) is 6.12. The third-order valence-electron chi connectivity index (χ3n) is 4.92. The topological polar surface area (TPSA) is 38.5 Å². The van der Waals surface area contributed by atoms with Gasteiger partial charge < -0.3 is 10.5 Å². The van der Waals surface area contributed by atoms with E-state index in [4.69, 9.17) is 10.5 Å². The van der Waals surface area contributed by atoms with Crippen LogP contribution in [-0.2, 0) is 4.74 Å². The van der Waals surface area contributed by atoms with E-state index >= 15 is 0 Å². The molecule has 0 aromatic carbocycles. The standard InChI is InChI=1S/C14H28N2O/c1-11-8-12(2)16(9-11)14(10-15)7-5-4-6-13(14)17-3/h11-13H,4-10,15H2,1-3H3. The van der Waals surface area contributed by atoms with Crippen molar-refractivity contribution in [1.29, 1.82) is 0 Å². The van der Waals surface area contributed by atoms with Gasteiger partial charge in [-0.05, 0) is 32.1 Å². The van der Waals surface area contributed by atoms with Gasteiger partial charge >= 0.3 is 0 Å². The highest BCUT2D eigenvalue weighted by atomic mass is 16.5. The first-order valence-corrected chi connectivity index (χ1v) is 7.13. The van der Waals surface area contributed by atoms with E-state index in [1.54, 1.807) is 0 Å². The molecule has 100 valence electrons. The smallest absolute Gasteiger partial charge is 0.0767 e. The second kappa shape index (κ2) is 5.25. The van der Waals surface area contributed by atoms with Gasteiger partial charge in [-0.15, -0.1) is 0 Å². The lowest BCUT2D eigenvalue weighted by Crippen LogP contribution is -2.63. The largest absolute Gasteiger partial charge is 0.379 e. The average molecular weight is 240 g/mol. The fourth-order valence-electron chi connectivity index (χ4n) is 4.13. The Morgan fingerprint density at radius 1 is 1.35 bits per heavy atom. The van der Waals surface area contributed by atoms with Gasteiger partial charge in [0.05, 0.1) is 11.6 Å². The Morgan fingerprint density at radius 2 is 2.12 bits per heavy atom. The van der Waals surface area contributed by atoms with Crippen molar-refractivity contribution < 1.29 is 4.74 Å². The van der Waals surface area contributed by atoms with E-state index in [0.717, 1.165) is 12.5 Å². The quantitative estimate of drug-likeness (QED) is 0.820. The molecule has 2 N–H and O–H groups in total. The highest BCUT2D eigenvalue weighted by Crippen LogP contribution is 2.40. The molecule has 17 heavy (non-hydrogen) atoms. The second-order valence-electron chi connectivity index (χ2n) is 6.12. The number of hydrogen-bond donors (Lipinski definition) is 1. The Morgan fingerprint density at radius 3 is 2.65 bits per heavy atom. The van der Waals surface area contributed by atoms with E-state index in [0.29, 0.717) is 12.1 Å². The number of nitrogens with two attached hydrogens (primary N) is 1. The highest BCUT2D eigenvalue weighted by Gasteiger charge is 2.48. The summed E-state index contributed by atoms with van der Waals surface area (Å²) < 4.78 is 5.77. The maximum absolute atomic E-state index is 6.17. The molecule has 0 amide bonds. The minimum absolute atomic E-state index is 0.108. The predicted molar refractivity (Wildman–Crippen MR) is 71.0 cm³/mol. The van der Waals surface area contributed by atoms with Gasteiger partial charge in [0.15, 0.2) is 0 Å². The molecule has 3 nitrogen and oxygen atoms in total. The SMILES string of the molecule is COC1CCCCC1(CN)N1CC(C)CC1C. The summed E-state index contributed by atoms with van der Waals surface area (Å²) in [6.07, 6.45) is 6.60. The predicted octanol–water partition coefficient (Wildman–Crippen LogP) is 2.00. The Bertz CT molecular complexity index is 259. The lowest BCUT2D eigenvalue weighted by Gasteiger charge is -2.50. The first-order valence-electron chi connectivity index (χ1n) is 7.13. The number of methoxy groups -OCH3 is 1. The minimum atomic E-state index is 0.108. The van der Waals surface area contributed by atoms with Gasteiger partial charge in [-0.1, -0.05) is 19.8 Å². The van der Waals surface area contributed by atoms with Crippen molar-refractivity contribution in [3.63, 3.8) is 0 Å². The van der Waals surface area contributed by atoms with Crippen molar-refractivity contribution >= 4 is 0 Å². The van der Waals surface area contributed by atoms with Gasteiger partial charge in [0.1, 0.15) is 0 Å². The van der Waals surface area contributed by atoms with Crippen LogP contribution in [-0.4, -0.2) is 42.8 Å². The van der Waals surface area contributed by atoms with E-state index in [2.05, 4.69) is 18.7 Å². The molecule has 4 unspecified atom stereocenters. The molecule has 0 aromatic heterocycles. The molecule has 2 rings (SSSR count). The Labute approximate surface area is 106 Å². The molecule has 2 fully saturated rings. The third kappa shape index (κ3) is 2.25. The molecule has 1 saturated heterocycles. The van der Waals surface area contributed by atoms with Gasteiger partial charge in [0, 0.05) is 26.2 Å². The van der Waals surface area contributed by atoms with Crippen molar-refractivity contribution in [2.75, 3.05) is 20.2 Å². The summed E-state index contributed by atoms with van der Waals surface area (Å²) in [6, 6.07) is 0.657. The summed E-state index contributed by atoms with van der Waals surface area (Å²) >= 11 is 0. The molecule has 3 heteroatoms. The molecule has 2 aliphatic rings. The van der Waals surface area contributed by atoms with Crippen molar-refractivity contribution in [2.24, 2.45) is 11.7 Å². The summed E-state index contributed by atoms with van der Waals surface area (Å²) in [5.74, 6) is 0.799. The van der Waals surface area contributed by atoms with E-state index in [1.165, 1.54) is 38.6 Å². The molecule has 1 saturated carbocycles. The van der Waals surface area contributed by atoms with E-state index < -0.39 is 0 Å². The molecular formula is C14H28N2O. The van der Waals surface area contributed by atoms with Crippen LogP contribution >= 0.6 is 0 Å². The van der Waals surface area contributed by atoms with Crippen molar-refractivity contribution in [3.8, 4) is 0 Å². The zero-order valence-corrected chi connectivity index (χ0v) is 11.6. The molecule has 1 aliphatic heterocycles. The molecule has 0 bridgehead atoms. The number of hydrogen-bond acceptors (Lipinski definition) is 3. The van der Waals surface area contributed by atoms with Gasteiger partial charge in [-0.3, -0.25) is 4.90 Å². The van der Waals surface area contributed by atoms with Crippen LogP contribution in [0, 0.1) is 5.92 Å². The Balaban J connectivity index is 2.22. The van der Waals surface area contributed by atoms with Gasteiger partial charge in [0.2, 0.25) is 0 Å². The van der Waals surface area contributed by atoms with E-state index in [1.807, 2.05) is 7.11 Å². The molecule has 0 spiro atoms. The van der Waals surface area contributed by atoms with Crippen LogP contribution in [0.1, 0.15) is 46.0 Å². The van der Waals surface area contributed by atoms with Crippen LogP contribution < -0.4 is 5.73 Å². The molecular weight excluding hydrogens is 212 g/mol. The zero-order valence-electron chi connectivity index (χ0n) is 11.6. The summed E-state index contributed by atoms with van der Waals surface area (Å²) in [5.41, 5.74) is 6.28. The van der Waals surface area contributed by atoms with Gasteiger partial charge in [0.25, 0.3) is 0 Å².